The highest BCUT2D eigenvalue weighted by Gasteiger charge is 2.34. The smallest absolute Gasteiger partial charge is 0.256 e. The highest BCUT2D eigenvalue weighted by Crippen LogP contribution is 2.26. The van der Waals surface area contributed by atoms with E-state index in [9.17, 15) is 5.11 Å². The van der Waals surface area contributed by atoms with Crippen LogP contribution in [0.5, 0.6) is 0 Å². The van der Waals surface area contributed by atoms with Crippen LogP contribution in [0.1, 0.15) is 13.8 Å². The fraction of sp³-hybridized carbons (Fsp3) is 0.583. The van der Waals surface area contributed by atoms with Crippen molar-refractivity contribution < 1.29 is 9.84 Å². The molecule has 3 N–H and O–H groups in total. The van der Waals surface area contributed by atoms with Gasteiger partial charge in [-0.3, -0.25) is 0 Å². The Morgan fingerprint density at radius 3 is 3.10 bits per heavy atom. The Hall–Kier alpha value is -1.93. The topological polar surface area (TPSA) is 102 Å². The third-order valence-corrected chi connectivity index (χ3v) is 3.27. The molecule has 8 heteroatoms. The molecule has 0 amide bonds. The molecule has 8 nitrogen and oxygen atoms in total. The van der Waals surface area contributed by atoms with Crippen LogP contribution >= 0.6 is 0 Å². The van der Waals surface area contributed by atoms with E-state index in [1.807, 2.05) is 13.8 Å². The van der Waals surface area contributed by atoms with Gasteiger partial charge in [-0.2, -0.15) is 19.6 Å². The third kappa shape index (κ3) is 2.27. The van der Waals surface area contributed by atoms with E-state index in [4.69, 9.17) is 10.5 Å². The molecular weight excluding hydrogens is 260 g/mol. The summed E-state index contributed by atoms with van der Waals surface area (Å²) in [5, 5.41) is 13.4. The van der Waals surface area contributed by atoms with E-state index >= 15 is 0 Å². The van der Waals surface area contributed by atoms with Crippen molar-refractivity contribution in [2.45, 2.75) is 25.6 Å². The lowest BCUT2D eigenvalue weighted by Crippen LogP contribution is -2.54. The highest BCUT2D eigenvalue weighted by atomic mass is 16.5. The summed E-state index contributed by atoms with van der Waals surface area (Å²) in [7, 11) is 0. The molecule has 1 aliphatic rings. The summed E-state index contributed by atoms with van der Waals surface area (Å²) in [6, 6.07) is 1.76. The number of anilines is 2. The maximum atomic E-state index is 9.36. The van der Waals surface area contributed by atoms with Gasteiger partial charge < -0.3 is 20.5 Å². The molecule has 0 aromatic carbocycles. The number of aliphatic hydroxyl groups excluding tert-OH is 1. The van der Waals surface area contributed by atoms with Crippen LogP contribution < -0.4 is 10.6 Å². The van der Waals surface area contributed by atoms with Crippen molar-refractivity contribution in [1.82, 2.24) is 19.6 Å². The van der Waals surface area contributed by atoms with Crippen molar-refractivity contribution in [1.29, 1.82) is 0 Å². The molecule has 2 aromatic heterocycles. The van der Waals surface area contributed by atoms with Crippen LogP contribution in [0.15, 0.2) is 12.4 Å². The maximum absolute atomic E-state index is 9.36. The Bertz CT molecular complexity index is 625. The second kappa shape index (κ2) is 4.57. The lowest BCUT2D eigenvalue weighted by molar-refractivity contribution is -0.101. The number of hydrogen-bond donors (Lipinski definition) is 2. The van der Waals surface area contributed by atoms with Crippen LogP contribution in [0.4, 0.5) is 11.6 Å². The average molecular weight is 278 g/mol. The van der Waals surface area contributed by atoms with Gasteiger partial charge in [-0.25, -0.2) is 0 Å². The van der Waals surface area contributed by atoms with Gasteiger partial charge in [-0.05, 0) is 13.8 Å². The lowest BCUT2D eigenvalue weighted by Gasteiger charge is -2.42. The van der Waals surface area contributed by atoms with Crippen LogP contribution in [-0.2, 0) is 4.74 Å². The Morgan fingerprint density at radius 1 is 1.55 bits per heavy atom. The normalized spacial score (nSPS) is 22.4. The molecule has 108 valence electrons. The zero-order valence-electron chi connectivity index (χ0n) is 11.5. The molecule has 0 spiro atoms. The van der Waals surface area contributed by atoms with Gasteiger partial charge in [0, 0.05) is 19.2 Å². The quantitative estimate of drug-likeness (QED) is 0.776. The summed E-state index contributed by atoms with van der Waals surface area (Å²) in [5.74, 6) is 1.66. The molecule has 3 rings (SSSR count). The molecule has 2 aromatic rings. The number of ether oxygens (including phenoxy) is 1. The number of hydrogen-bond acceptors (Lipinski definition) is 7. The van der Waals surface area contributed by atoms with E-state index in [2.05, 4.69) is 20.0 Å². The zero-order chi connectivity index (χ0) is 14.3. The minimum absolute atomic E-state index is 0.0252. The van der Waals surface area contributed by atoms with E-state index in [1.54, 1.807) is 6.07 Å². The van der Waals surface area contributed by atoms with Crippen molar-refractivity contribution in [3.63, 3.8) is 0 Å². The van der Waals surface area contributed by atoms with Gasteiger partial charge in [0.05, 0.1) is 18.3 Å². The van der Waals surface area contributed by atoms with Gasteiger partial charge in [-0.15, -0.1) is 0 Å². The van der Waals surface area contributed by atoms with E-state index in [1.165, 1.54) is 10.8 Å². The van der Waals surface area contributed by atoms with E-state index in [0.29, 0.717) is 24.7 Å². The number of morpholine rings is 1. The Balaban J connectivity index is 1.96. The van der Waals surface area contributed by atoms with Crippen molar-refractivity contribution in [2.24, 2.45) is 0 Å². The number of nitrogens with two attached hydrogens (primary N) is 1. The Kier molecular flexibility index (Phi) is 2.98. The monoisotopic (exact) mass is 278 g/mol. The molecule has 0 saturated carbocycles. The lowest BCUT2D eigenvalue weighted by atomic mass is 10.1. The number of nitrogens with zero attached hydrogens (tertiary/aromatic N) is 5. The minimum Gasteiger partial charge on any atom is -0.394 e. The second-order valence-electron chi connectivity index (χ2n) is 5.57. The molecule has 1 saturated heterocycles. The number of aromatic nitrogens is 4. The largest absolute Gasteiger partial charge is 0.394 e. The number of rotatable bonds is 2. The fourth-order valence-electron chi connectivity index (χ4n) is 2.55. The maximum Gasteiger partial charge on any atom is 0.256 e. The highest BCUT2D eigenvalue weighted by molar-refractivity contribution is 5.53. The van der Waals surface area contributed by atoms with Gasteiger partial charge in [0.25, 0.3) is 5.78 Å². The first kappa shape index (κ1) is 13.1. The molecule has 1 fully saturated rings. The van der Waals surface area contributed by atoms with Crippen LogP contribution in [0.25, 0.3) is 5.78 Å². The molecule has 3 heterocycles. The molecule has 1 aliphatic heterocycles. The van der Waals surface area contributed by atoms with E-state index < -0.39 is 0 Å². The minimum atomic E-state index is -0.359. The van der Waals surface area contributed by atoms with E-state index in [-0.39, 0.29) is 18.3 Å². The predicted octanol–water partition coefficient (Wildman–Crippen LogP) is -0.317. The third-order valence-electron chi connectivity index (χ3n) is 3.27. The average Bonchev–Trinajstić information content (AvgIpc) is 2.85. The van der Waals surface area contributed by atoms with Gasteiger partial charge in [0.1, 0.15) is 18.0 Å². The van der Waals surface area contributed by atoms with Crippen molar-refractivity contribution >= 4 is 17.4 Å². The fourth-order valence-corrected chi connectivity index (χ4v) is 2.55. The van der Waals surface area contributed by atoms with Gasteiger partial charge in [-0.1, -0.05) is 0 Å². The van der Waals surface area contributed by atoms with Gasteiger partial charge in [0.2, 0.25) is 0 Å². The zero-order valence-corrected chi connectivity index (χ0v) is 11.5. The van der Waals surface area contributed by atoms with Crippen LogP contribution in [0.3, 0.4) is 0 Å². The SMILES string of the molecule is CC1(C)CN(c2cc(N)n3ncnc3n2)CC(CO)O1. The van der Waals surface area contributed by atoms with Crippen molar-refractivity contribution in [3.05, 3.63) is 12.4 Å². The summed E-state index contributed by atoms with van der Waals surface area (Å²) in [5.41, 5.74) is 5.60. The Labute approximate surface area is 116 Å². The van der Waals surface area contributed by atoms with Gasteiger partial charge >= 0.3 is 0 Å². The number of fused-ring (bicyclic) bond motifs is 1. The summed E-state index contributed by atoms with van der Waals surface area (Å²) < 4.78 is 7.28. The summed E-state index contributed by atoms with van der Waals surface area (Å²) in [6.07, 6.45) is 1.18. The van der Waals surface area contributed by atoms with Gasteiger partial charge in [0.15, 0.2) is 0 Å². The standard InChI is InChI=1S/C12H18N6O2/c1-12(2)6-17(4-8(5-19)20-12)10-3-9(13)18-11(16-10)14-7-15-18/h3,7-8,19H,4-6,13H2,1-2H3. The molecule has 0 bridgehead atoms. The molecule has 1 atom stereocenters. The summed E-state index contributed by atoms with van der Waals surface area (Å²) >= 11 is 0. The number of aliphatic hydroxyl groups is 1. The molecule has 0 aliphatic carbocycles. The molecule has 1 unspecified atom stereocenters. The summed E-state index contributed by atoms with van der Waals surface area (Å²) in [6.45, 7) is 5.18. The first-order valence-electron chi connectivity index (χ1n) is 6.48. The van der Waals surface area contributed by atoms with Crippen LogP contribution in [0.2, 0.25) is 0 Å². The first-order valence-corrected chi connectivity index (χ1v) is 6.48. The molecule has 0 radical (unpaired) electrons. The van der Waals surface area contributed by atoms with E-state index in [0.717, 1.165) is 5.82 Å². The van der Waals surface area contributed by atoms with Crippen LogP contribution in [0, 0.1) is 0 Å². The summed E-state index contributed by atoms with van der Waals surface area (Å²) in [4.78, 5) is 10.6. The predicted molar refractivity (Wildman–Crippen MR) is 73.4 cm³/mol. The molecular formula is C12H18N6O2. The Morgan fingerprint density at radius 2 is 2.35 bits per heavy atom. The van der Waals surface area contributed by atoms with Crippen molar-refractivity contribution in [3.8, 4) is 0 Å². The molecule has 20 heavy (non-hydrogen) atoms. The van der Waals surface area contributed by atoms with Crippen molar-refractivity contribution in [2.75, 3.05) is 30.3 Å². The number of nitrogen functional groups attached to an aromatic ring is 1. The van der Waals surface area contributed by atoms with Crippen LogP contribution in [-0.4, -0.2) is 56.1 Å². The second-order valence-corrected chi connectivity index (χ2v) is 5.57. The first-order chi connectivity index (χ1) is 9.48.